The van der Waals surface area contributed by atoms with Gasteiger partial charge in [-0.15, -0.1) is 0 Å². The summed E-state index contributed by atoms with van der Waals surface area (Å²) in [6.45, 7) is 16.8. The van der Waals surface area contributed by atoms with E-state index in [2.05, 4.69) is 11.0 Å². The van der Waals surface area contributed by atoms with Gasteiger partial charge in [0.15, 0.2) is 0 Å². The maximum Gasteiger partial charge on any atom is 0.0701 e. The summed E-state index contributed by atoms with van der Waals surface area (Å²) in [7, 11) is 0. The highest BCUT2D eigenvalue weighted by Gasteiger charge is 2.09. The molecule has 0 saturated heterocycles. The van der Waals surface area contributed by atoms with E-state index in [1.807, 2.05) is 19.1 Å². The number of anilines is 2. The monoisotopic (exact) mass is 827 g/mol. The van der Waals surface area contributed by atoms with Crippen LogP contribution < -0.4 is 10.6 Å². The molecule has 0 fully saturated rings. The molecule has 18 heteroatoms. The largest absolute Gasteiger partial charge is 0.399 e. The van der Waals surface area contributed by atoms with Crippen LogP contribution in [0.2, 0.25) is 0 Å². The van der Waals surface area contributed by atoms with Crippen molar-refractivity contribution in [1.82, 2.24) is 0 Å². The summed E-state index contributed by atoms with van der Waals surface area (Å²) in [6, 6.07) is 6.02. The van der Waals surface area contributed by atoms with E-state index in [0.29, 0.717) is 198 Å². The molecule has 0 spiro atoms. The SMILES string of the molecule is Cc1cc(N(CCOCCOCCOCCOCCOCCOCCOCCO)CCOCCOCCOCCOCCOCCOCCOCCO)ccc1N. The van der Waals surface area contributed by atoms with E-state index in [0.717, 1.165) is 16.9 Å². The number of hydrogen-bond acceptors (Lipinski definition) is 18. The number of aryl methyl sites for hydroxylation is 1. The van der Waals surface area contributed by atoms with Crippen LogP contribution in [0.5, 0.6) is 0 Å². The zero-order valence-electron chi connectivity index (χ0n) is 34.5. The topological polar surface area (TPSA) is 199 Å². The second kappa shape index (κ2) is 43.8. The Morgan fingerprint density at radius 3 is 0.825 bits per heavy atom. The lowest BCUT2D eigenvalue weighted by atomic mass is 10.1. The van der Waals surface area contributed by atoms with E-state index in [4.69, 9.17) is 82.3 Å². The van der Waals surface area contributed by atoms with E-state index in [9.17, 15) is 0 Å². The van der Waals surface area contributed by atoms with Crippen molar-refractivity contribution in [3.05, 3.63) is 23.8 Å². The van der Waals surface area contributed by atoms with Crippen LogP contribution in [0, 0.1) is 6.92 Å². The molecule has 57 heavy (non-hydrogen) atoms. The fourth-order valence-electron chi connectivity index (χ4n) is 4.55. The number of nitrogens with two attached hydrogens (primary N) is 1. The third kappa shape index (κ3) is 37.0. The Hall–Kier alpha value is -1.82. The van der Waals surface area contributed by atoms with Gasteiger partial charge in [-0.3, -0.25) is 0 Å². The van der Waals surface area contributed by atoms with Gasteiger partial charge in [-0.2, -0.15) is 0 Å². The number of rotatable bonds is 47. The van der Waals surface area contributed by atoms with Crippen molar-refractivity contribution in [2.75, 3.05) is 222 Å². The molecule has 1 rings (SSSR count). The molecule has 0 aliphatic heterocycles. The summed E-state index contributed by atoms with van der Waals surface area (Å²) in [5.74, 6) is 0. The maximum atomic E-state index is 8.62. The highest BCUT2D eigenvalue weighted by Crippen LogP contribution is 2.20. The molecular weight excluding hydrogens is 752 g/mol. The molecule has 0 atom stereocenters. The van der Waals surface area contributed by atoms with Crippen molar-refractivity contribution in [3.63, 3.8) is 0 Å². The van der Waals surface area contributed by atoms with E-state index in [1.165, 1.54) is 0 Å². The molecule has 1 aromatic rings. The van der Waals surface area contributed by atoms with Crippen molar-refractivity contribution in [2.24, 2.45) is 0 Å². The minimum atomic E-state index is 0.0180. The smallest absolute Gasteiger partial charge is 0.0701 e. The third-order valence-electron chi connectivity index (χ3n) is 7.56. The quantitative estimate of drug-likeness (QED) is 0.0609. The second-order valence-electron chi connectivity index (χ2n) is 12.0. The predicted molar refractivity (Wildman–Crippen MR) is 213 cm³/mol. The zero-order chi connectivity index (χ0) is 41.0. The average Bonchev–Trinajstić information content (AvgIpc) is 3.22. The lowest BCUT2D eigenvalue weighted by Gasteiger charge is -2.25. The fraction of sp³-hybridized carbons (Fsp3) is 0.846. The van der Waals surface area contributed by atoms with Gasteiger partial charge < -0.3 is 87.2 Å². The Morgan fingerprint density at radius 2 is 0.596 bits per heavy atom. The van der Waals surface area contributed by atoms with E-state index in [-0.39, 0.29) is 13.2 Å². The van der Waals surface area contributed by atoms with Crippen LogP contribution in [0.25, 0.3) is 0 Å². The highest BCUT2D eigenvalue weighted by molar-refractivity contribution is 5.58. The molecule has 0 saturated carbocycles. The number of ether oxygens (including phenoxy) is 14. The maximum absolute atomic E-state index is 8.62. The zero-order valence-corrected chi connectivity index (χ0v) is 34.5. The Balaban J connectivity index is 1.96. The molecule has 18 nitrogen and oxygen atoms in total. The van der Waals surface area contributed by atoms with E-state index < -0.39 is 0 Å². The first-order chi connectivity index (χ1) is 28.2. The summed E-state index contributed by atoms with van der Waals surface area (Å²) >= 11 is 0. The molecule has 0 radical (unpaired) electrons. The molecule has 0 aliphatic carbocycles. The minimum absolute atomic E-state index is 0.0180. The number of nitrogen functional groups attached to an aromatic ring is 1. The lowest BCUT2D eigenvalue weighted by Crippen LogP contribution is -2.31. The van der Waals surface area contributed by atoms with Gasteiger partial charge in [0.05, 0.1) is 198 Å². The molecule has 336 valence electrons. The van der Waals surface area contributed by atoms with Gasteiger partial charge in [0.1, 0.15) is 0 Å². The first kappa shape index (κ1) is 53.2. The van der Waals surface area contributed by atoms with Crippen LogP contribution in [-0.4, -0.2) is 222 Å². The van der Waals surface area contributed by atoms with Crippen LogP contribution in [0.15, 0.2) is 18.2 Å². The van der Waals surface area contributed by atoms with Crippen molar-refractivity contribution in [3.8, 4) is 0 Å². The number of benzene rings is 1. The molecule has 0 heterocycles. The molecule has 1 aromatic carbocycles. The van der Waals surface area contributed by atoms with Crippen LogP contribution in [0.1, 0.15) is 5.56 Å². The summed E-state index contributed by atoms with van der Waals surface area (Å²) in [4.78, 5) is 2.22. The summed E-state index contributed by atoms with van der Waals surface area (Å²) in [6.07, 6.45) is 0. The second-order valence-corrected chi connectivity index (χ2v) is 12.0. The molecule has 0 unspecified atom stereocenters. The molecular formula is C39H74N2O16. The Kier molecular flexibility index (Phi) is 40.8. The van der Waals surface area contributed by atoms with Gasteiger partial charge in [0.25, 0.3) is 0 Å². The standard InChI is InChI=1S/C39H74N2O16/c1-37-36-38(2-3-39(37)40)41(4-8-44-12-16-48-20-24-52-28-32-56-34-30-54-26-22-50-18-14-46-10-6-42)5-9-45-13-17-49-21-25-53-29-33-57-35-31-55-27-23-51-19-15-47-11-7-43/h2-3,36,42-43H,4-35,40H2,1H3. The number of nitrogens with zero attached hydrogens (tertiary/aromatic N) is 1. The fourth-order valence-corrected chi connectivity index (χ4v) is 4.55. The first-order valence-electron chi connectivity index (χ1n) is 20.1. The van der Waals surface area contributed by atoms with Crippen molar-refractivity contribution in [2.45, 2.75) is 6.92 Å². The normalized spacial score (nSPS) is 11.6. The van der Waals surface area contributed by atoms with Crippen molar-refractivity contribution in [1.29, 1.82) is 0 Å². The van der Waals surface area contributed by atoms with Crippen LogP contribution >= 0.6 is 0 Å². The van der Waals surface area contributed by atoms with Crippen molar-refractivity contribution >= 4 is 11.4 Å². The van der Waals surface area contributed by atoms with Gasteiger partial charge in [0, 0.05) is 24.5 Å². The van der Waals surface area contributed by atoms with Gasteiger partial charge >= 0.3 is 0 Å². The Labute approximate surface area is 340 Å². The highest BCUT2D eigenvalue weighted by atomic mass is 16.6. The molecule has 0 aliphatic rings. The predicted octanol–water partition coefficient (Wildman–Crippen LogP) is 0.601. The molecule has 0 amide bonds. The van der Waals surface area contributed by atoms with E-state index in [1.54, 1.807) is 0 Å². The molecule has 4 N–H and O–H groups in total. The third-order valence-corrected chi connectivity index (χ3v) is 7.56. The molecule has 0 bridgehead atoms. The van der Waals surface area contributed by atoms with Gasteiger partial charge in [-0.25, -0.2) is 0 Å². The van der Waals surface area contributed by atoms with Crippen LogP contribution in [0.4, 0.5) is 11.4 Å². The van der Waals surface area contributed by atoms with Gasteiger partial charge in [-0.1, -0.05) is 0 Å². The summed E-state index contributed by atoms with van der Waals surface area (Å²) in [5.41, 5.74) is 8.90. The van der Waals surface area contributed by atoms with Gasteiger partial charge in [0.2, 0.25) is 0 Å². The first-order valence-corrected chi connectivity index (χ1v) is 20.1. The Bertz CT molecular complexity index is 910. The number of aliphatic hydroxyl groups is 2. The minimum Gasteiger partial charge on any atom is -0.399 e. The molecule has 0 aromatic heterocycles. The lowest BCUT2D eigenvalue weighted by molar-refractivity contribution is -0.0216. The summed E-state index contributed by atoms with van der Waals surface area (Å²) in [5, 5.41) is 17.2. The van der Waals surface area contributed by atoms with Crippen molar-refractivity contribution < 1.29 is 76.5 Å². The van der Waals surface area contributed by atoms with E-state index >= 15 is 0 Å². The Morgan fingerprint density at radius 1 is 0.368 bits per heavy atom. The van der Waals surface area contributed by atoms with Gasteiger partial charge in [-0.05, 0) is 30.7 Å². The average molecular weight is 827 g/mol. The summed E-state index contributed by atoms with van der Waals surface area (Å²) < 4.78 is 76.8. The number of aliphatic hydroxyl groups excluding tert-OH is 2. The number of hydrogen-bond donors (Lipinski definition) is 3. The van der Waals surface area contributed by atoms with Crippen LogP contribution in [0.3, 0.4) is 0 Å². The van der Waals surface area contributed by atoms with Crippen LogP contribution in [-0.2, 0) is 66.3 Å².